The predicted octanol–water partition coefficient (Wildman–Crippen LogP) is 0.00690. The van der Waals surface area contributed by atoms with Crippen molar-refractivity contribution in [2.45, 2.75) is 32.2 Å². The number of carbonyl (C=O) groups is 1. The maximum atomic E-state index is 11.8. The lowest BCUT2D eigenvalue weighted by molar-refractivity contribution is -0.132. The minimum absolute atomic E-state index is 0.0565. The van der Waals surface area contributed by atoms with E-state index in [1.54, 1.807) is 4.90 Å². The van der Waals surface area contributed by atoms with Gasteiger partial charge in [-0.2, -0.15) is 0 Å². The van der Waals surface area contributed by atoms with Crippen molar-refractivity contribution in [2.24, 2.45) is 11.7 Å². The van der Waals surface area contributed by atoms with E-state index < -0.39 is 9.84 Å². The molecule has 2 N–H and O–H groups in total. The van der Waals surface area contributed by atoms with Crippen LogP contribution in [0.4, 0.5) is 0 Å². The number of nitrogens with two attached hydrogens (primary N) is 1. The standard InChI is InChI=1S/C11H22N2O3S/c1-9(12)10-3-6-13(7-4-10)11(14)5-8-17(2,15)16/h9-10H,3-8,12H2,1-2H3. The maximum Gasteiger partial charge on any atom is 0.223 e. The molecule has 0 aromatic heterocycles. The third kappa shape index (κ3) is 5.04. The van der Waals surface area contributed by atoms with Gasteiger partial charge >= 0.3 is 0 Å². The van der Waals surface area contributed by atoms with Crippen molar-refractivity contribution in [1.82, 2.24) is 4.90 Å². The van der Waals surface area contributed by atoms with Crippen molar-refractivity contribution in [1.29, 1.82) is 0 Å². The summed E-state index contributed by atoms with van der Waals surface area (Å²) in [5, 5.41) is 0. The quantitative estimate of drug-likeness (QED) is 0.773. The van der Waals surface area contributed by atoms with Crippen molar-refractivity contribution >= 4 is 15.7 Å². The van der Waals surface area contributed by atoms with E-state index in [9.17, 15) is 13.2 Å². The molecule has 1 heterocycles. The van der Waals surface area contributed by atoms with E-state index in [1.807, 2.05) is 6.92 Å². The van der Waals surface area contributed by atoms with Gasteiger partial charge in [0.1, 0.15) is 9.84 Å². The summed E-state index contributed by atoms with van der Waals surface area (Å²) in [7, 11) is -3.05. The molecule has 1 fully saturated rings. The van der Waals surface area contributed by atoms with Gasteiger partial charge in [-0.3, -0.25) is 4.79 Å². The number of rotatable bonds is 4. The fourth-order valence-electron chi connectivity index (χ4n) is 2.11. The molecule has 1 aliphatic rings. The first-order chi connectivity index (χ1) is 7.79. The molecule has 5 nitrogen and oxygen atoms in total. The van der Waals surface area contributed by atoms with Crippen LogP contribution >= 0.6 is 0 Å². The summed E-state index contributed by atoms with van der Waals surface area (Å²) in [6.07, 6.45) is 3.09. The SMILES string of the molecule is CC(N)C1CCN(C(=O)CCS(C)(=O)=O)CC1. The van der Waals surface area contributed by atoms with Crippen molar-refractivity contribution < 1.29 is 13.2 Å². The van der Waals surface area contributed by atoms with Gasteiger partial charge in [0, 0.05) is 31.8 Å². The summed E-state index contributed by atoms with van der Waals surface area (Å²) in [4.78, 5) is 13.5. The van der Waals surface area contributed by atoms with Crippen molar-refractivity contribution in [2.75, 3.05) is 25.1 Å². The summed E-state index contributed by atoms with van der Waals surface area (Å²) in [5.74, 6) is 0.367. The number of hydrogen-bond donors (Lipinski definition) is 1. The van der Waals surface area contributed by atoms with E-state index in [0.717, 1.165) is 19.1 Å². The molecule has 6 heteroatoms. The molecular weight excluding hydrogens is 240 g/mol. The lowest BCUT2D eigenvalue weighted by Gasteiger charge is -2.33. The van der Waals surface area contributed by atoms with E-state index in [0.29, 0.717) is 19.0 Å². The highest BCUT2D eigenvalue weighted by molar-refractivity contribution is 7.90. The maximum absolute atomic E-state index is 11.8. The zero-order chi connectivity index (χ0) is 13.1. The first-order valence-electron chi connectivity index (χ1n) is 6.00. The van der Waals surface area contributed by atoms with E-state index in [-0.39, 0.29) is 24.1 Å². The van der Waals surface area contributed by atoms with Crippen LogP contribution in [0.2, 0.25) is 0 Å². The molecule has 0 radical (unpaired) electrons. The Labute approximate surface area is 103 Å². The molecule has 0 aromatic carbocycles. The van der Waals surface area contributed by atoms with Crippen LogP contribution in [0.5, 0.6) is 0 Å². The molecule has 17 heavy (non-hydrogen) atoms. The van der Waals surface area contributed by atoms with Crippen LogP contribution in [-0.4, -0.2) is 50.4 Å². The van der Waals surface area contributed by atoms with Crippen LogP contribution in [0.25, 0.3) is 0 Å². The Balaban J connectivity index is 2.36. The lowest BCUT2D eigenvalue weighted by Crippen LogP contribution is -2.42. The van der Waals surface area contributed by atoms with Gasteiger partial charge in [0.2, 0.25) is 5.91 Å². The minimum atomic E-state index is -3.05. The minimum Gasteiger partial charge on any atom is -0.343 e. The van der Waals surface area contributed by atoms with E-state index in [4.69, 9.17) is 5.73 Å². The van der Waals surface area contributed by atoms with Gasteiger partial charge in [0.15, 0.2) is 0 Å². The molecule has 1 amide bonds. The van der Waals surface area contributed by atoms with E-state index in [2.05, 4.69) is 0 Å². The Bertz CT molecular complexity index is 357. The molecular formula is C11H22N2O3S. The fraction of sp³-hybridized carbons (Fsp3) is 0.909. The van der Waals surface area contributed by atoms with E-state index >= 15 is 0 Å². The molecule has 0 spiro atoms. The Hall–Kier alpha value is -0.620. The third-order valence-corrected chi connectivity index (χ3v) is 4.27. The number of piperidine rings is 1. The van der Waals surface area contributed by atoms with Crippen molar-refractivity contribution in [3.05, 3.63) is 0 Å². The number of amides is 1. The Morgan fingerprint density at radius 3 is 2.35 bits per heavy atom. The van der Waals surface area contributed by atoms with Crippen LogP contribution in [0.15, 0.2) is 0 Å². The second-order valence-electron chi connectivity index (χ2n) is 4.96. The Morgan fingerprint density at radius 1 is 1.41 bits per heavy atom. The molecule has 100 valence electrons. The van der Waals surface area contributed by atoms with Crippen LogP contribution < -0.4 is 5.73 Å². The highest BCUT2D eigenvalue weighted by Crippen LogP contribution is 2.19. The van der Waals surface area contributed by atoms with Gasteiger partial charge in [-0.15, -0.1) is 0 Å². The van der Waals surface area contributed by atoms with Gasteiger partial charge < -0.3 is 10.6 Å². The van der Waals surface area contributed by atoms with Gasteiger partial charge in [-0.1, -0.05) is 0 Å². The first kappa shape index (κ1) is 14.4. The van der Waals surface area contributed by atoms with Crippen molar-refractivity contribution in [3.63, 3.8) is 0 Å². The van der Waals surface area contributed by atoms with Gasteiger partial charge in [0.05, 0.1) is 5.75 Å². The molecule has 1 rings (SSSR count). The average molecular weight is 262 g/mol. The van der Waals surface area contributed by atoms with Gasteiger partial charge in [0.25, 0.3) is 0 Å². The smallest absolute Gasteiger partial charge is 0.223 e. The molecule has 0 saturated carbocycles. The number of sulfone groups is 1. The first-order valence-corrected chi connectivity index (χ1v) is 8.07. The number of carbonyl (C=O) groups excluding carboxylic acids is 1. The Morgan fingerprint density at radius 2 is 1.94 bits per heavy atom. The van der Waals surface area contributed by atoms with Crippen molar-refractivity contribution in [3.8, 4) is 0 Å². The normalized spacial score (nSPS) is 20.3. The number of hydrogen-bond acceptors (Lipinski definition) is 4. The molecule has 0 aromatic rings. The van der Waals surface area contributed by atoms with Gasteiger partial charge in [-0.05, 0) is 25.7 Å². The summed E-state index contributed by atoms with van der Waals surface area (Å²) < 4.78 is 21.9. The Kier molecular flexibility index (Phi) is 4.94. The topological polar surface area (TPSA) is 80.5 Å². The molecule has 1 unspecified atom stereocenters. The lowest BCUT2D eigenvalue weighted by atomic mass is 9.91. The number of likely N-dealkylation sites (tertiary alicyclic amines) is 1. The zero-order valence-corrected chi connectivity index (χ0v) is 11.4. The van der Waals surface area contributed by atoms with Crippen LogP contribution in [0, 0.1) is 5.92 Å². The fourth-order valence-corrected chi connectivity index (χ4v) is 2.65. The van der Waals surface area contributed by atoms with E-state index in [1.165, 1.54) is 0 Å². The summed E-state index contributed by atoms with van der Waals surface area (Å²) in [6, 6.07) is 0.170. The highest BCUT2D eigenvalue weighted by Gasteiger charge is 2.24. The van der Waals surface area contributed by atoms with Crippen LogP contribution in [-0.2, 0) is 14.6 Å². The summed E-state index contributed by atoms with van der Waals surface area (Å²) in [6.45, 7) is 3.40. The van der Waals surface area contributed by atoms with Crippen LogP contribution in [0.3, 0.4) is 0 Å². The number of nitrogens with zero attached hydrogens (tertiary/aromatic N) is 1. The third-order valence-electron chi connectivity index (χ3n) is 3.32. The largest absolute Gasteiger partial charge is 0.343 e. The summed E-state index contributed by atoms with van der Waals surface area (Å²) in [5.41, 5.74) is 5.82. The molecule has 1 saturated heterocycles. The van der Waals surface area contributed by atoms with Gasteiger partial charge in [-0.25, -0.2) is 8.42 Å². The van der Waals surface area contributed by atoms with Crippen LogP contribution in [0.1, 0.15) is 26.2 Å². The average Bonchev–Trinajstić information content (AvgIpc) is 2.25. The summed E-state index contributed by atoms with van der Waals surface area (Å²) >= 11 is 0. The molecule has 0 bridgehead atoms. The second-order valence-corrected chi connectivity index (χ2v) is 7.22. The molecule has 1 atom stereocenters. The monoisotopic (exact) mass is 262 g/mol. The zero-order valence-electron chi connectivity index (χ0n) is 10.6. The highest BCUT2D eigenvalue weighted by atomic mass is 32.2. The predicted molar refractivity (Wildman–Crippen MR) is 67.3 cm³/mol. The second kappa shape index (κ2) is 5.82. The molecule has 0 aliphatic carbocycles. The molecule has 1 aliphatic heterocycles.